The molecule has 0 aliphatic heterocycles. The number of aliphatic carboxylic acids is 1. The fraction of sp³-hybridized carbons (Fsp3) is 0.862. The molecule has 1 atom stereocenters. The average molecular weight is 564 g/mol. The minimum absolute atomic E-state index is 0.150. The number of allylic oxidation sites excluding steroid dienone is 1. The minimum Gasteiger partial charge on any atom is -0.480 e. The van der Waals surface area contributed by atoms with Gasteiger partial charge in [0.05, 0.1) is 0 Å². The van der Waals surface area contributed by atoms with E-state index in [1.807, 2.05) is 13.8 Å². The number of carboxylic acids is 1. The van der Waals surface area contributed by atoms with Gasteiger partial charge in [0.15, 0.2) is 0 Å². The van der Waals surface area contributed by atoms with Crippen molar-refractivity contribution in [2.24, 2.45) is 0 Å². The van der Waals surface area contributed by atoms with Gasteiger partial charge in [-0.25, -0.2) is 4.79 Å². The number of rotatable bonds is 26. The number of amides is 1. The van der Waals surface area contributed by atoms with Crippen LogP contribution in [0.4, 0.5) is 0 Å². The summed E-state index contributed by atoms with van der Waals surface area (Å²) in [5, 5.41) is 11.8. The van der Waals surface area contributed by atoms with Crippen LogP contribution in [0.3, 0.4) is 0 Å². The standard InChI is InChI=1S/C27H51NO3S3.C2H6/c1-2-3-4-5-6-9-12-15-18-22-33-23-19-16-13-10-7-8-11-14-17-20-26(29)28-25(27(30)31)21-24-34-32;1-2/h15,18,25,32H,2-14,16-17,19-24H2,1H3,(H,28,29)(H,30,31);1-2H3/b18-15-;. The zero-order chi connectivity index (χ0) is 27.1. The molecule has 0 aliphatic rings. The number of unbranched alkanes of at least 4 members (excludes halogenated alkanes) is 14. The highest BCUT2D eigenvalue weighted by atomic mass is 33.1. The fourth-order valence-corrected chi connectivity index (χ4v) is 5.31. The molecule has 0 rings (SSSR count). The maximum absolute atomic E-state index is 11.9. The number of nitrogens with one attached hydrogen (secondary N) is 1. The molecule has 0 heterocycles. The van der Waals surface area contributed by atoms with Gasteiger partial charge in [0.1, 0.15) is 6.04 Å². The lowest BCUT2D eigenvalue weighted by molar-refractivity contribution is -0.141. The molecule has 0 radical (unpaired) electrons. The Kier molecular flexibility index (Phi) is 34.5. The SMILES string of the molecule is CC.CCCCCCCC/C=C\CSCCCCCCCCCCCC(=O)NC(CCSS)C(=O)O. The molecular formula is C29H57NO3S3. The quantitative estimate of drug-likeness (QED) is 0.0423. The van der Waals surface area contributed by atoms with Crippen molar-refractivity contribution in [2.45, 2.75) is 142 Å². The second kappa shape index (κ2) is 32.8. The van der Waals surface area contributed by atoms with Crippen LogP contribution in [0, 0.1) is 0 Å². The van der Waals surface area contributed by atoms with Crippen LogP contribution in [-0.2, 0) is 9.59 Å². The number of hydrogen-bond donors (Lipinski definition) is 3. The van der Waals surface area contributed by atoms with Gasteiger partial charge in [0.2, 0.25) is 5.91 Å². The monoisotopic (exact) mass is 563 g/mol. The highest BCUT2D eigenvalue weighted by Crippen LogP contribution is 2.13. The van der Waals surface area contributed by atoms with Crippen molar-refractivity contribution >= 4 is 46.1 Å². The molecule has 0 aliphatic carbocycles. The summed E-state index contributed by atoms with van der Waals surface area (Å²) >= 11 is 6.08. The lowest BCUT2D eigenvalue weighted by Crippen LogP contribution is -2.41. The van der Waals surface area contributed by atoms with Crippen LogP contribution in [0.15, 0.2) is 12.2 Å². The van der Waals surface area contributed by atoms with Gasteiger partial charge in [-0.2, -0.15) is 11.8 Å². The molecular weight excluding hydrogens is 507 g/mol. The lowest BCUT2D eigenvalue weighted by Gasteiger charge is -2.13. The van der Waals surface area contributed by atoms with Crippen molar-refractivity contribution < 1.29 is 14.7 Å². The Morgan fingerprint density at radius 1 is 0.806 bits per heavy atom. The van der Waals surface area contributed by atoms with Crippen LogP contribution in [0.25, 0.3) is 0 Å². The minimum atomic E-state index is -0.968. The van der Waals surface area contributed by atoms with Crippen LogP contribution in [0.2, 0.25) is 0 Å². The molecule has 0 aromatic rings. The van der Waals surface area contributed by atoms with E-state index in [1.54, 1.807) is 0 Å². The summed E-state index contributed by atoms with van der Waals surface area (Å²) in [5.74, 6) is 1.93. The zero-order valence-electron chi connectivity index (χ0n) is 23.6. The number of carbonyl (C=O) groups excluding carboxylic acids is 1. The molecule has 36 heavy (non-hydrogen) atoms. The molecule has 1 unspecified atom stereocenters. The summed E-state index contributed by atoms with van der Waals surface area (Å²) in [7, 11) is 1.29. The predicted molar refractivity (Wildman–Crippen MR) is 168 cm³/mol. The number of hydrogen-bond acceptors (Lipinski definition) is 5. The summed E-state index contributed by atoms with van der Waals surface area (Å²) in [4.78, 5) is 23.1. The Hall–Kier alpha value is -0.270. The molecule has 0 saturated carbocycles. The van der Waals surface area contributed by atoms with E-state index in [2.05, 4.69) is 47.8 Å². The largest absolute Gasteiger partial charge is 0.480 e. The van der Waals surface area contributed by atoms with Crippen molar-refractivity contribution in [1.82, 2.24) is 5.32 Å². The summed E-state index contributed by atoms with van der Waals surface area (Å²) in [6, 6.07) is -0.795. The lowest BCUT2D eigenvalue weighted by atomic mass is 10.1. The van der Waals surface area contributed by atoms with Gasteiger partial charge in [0.25, 0.3) is 0 Å². The number of thiol groups is 1. The Morgan fingerprint density at radius 3 is 1.94 bits per heavy atom. The first kappa shape index (κ1) is 37.9. The highest BCUT2D eigenvalue weighted by molar-refractivity contribution is 8.68. The van der Waals surface area contributed by atoms with Gasteiger partial charge in [-0.3, -0.25) is 4.79 Å². The second-order valence-electron chi connectivity index (χ2n) is 9.11. The average Bonchev–Trinajstić information content (AvgIpc) is 2.88. The zero-order valence-corrected chi connectivity index (χ0v) is 26.1. The number of carbonyl (C=O) groups is 2. The van der Waals surface area contributed by atoms with E-state index in [9.17, 15) is 9.59 Å². The third-order valence-electron chi connectivity index (χ3n) is 5.93. The van der Waals surface area contributed by atoms with Crippen LogP contribution in [0.5, 0.6) is 0 Å². The van der Waals surface area contributed by atoms with E-state index >= 15 is 0 Å². The topological polar surface area (TPSA) is 66.4 Å². The van der Waals surface area contributed by atoms with Crippen molar-refractivity contribution in [3.63, 3.8) is 0 Å². The second-order valence-corrected chi connectivity index (χ2v) is 11.7. The summed E-state index contributed by atoms with van der Waals surface area (Å²) in [5.41, 5.74) is 0. The van der Waals surface area contributed by atoms with Crippen molar-refractivity contribution in [3.05, 3.63) is 12.2 Å². The van der Waals surface area contributed by atoms with E-state index in [0.29, 0.717) is 18.6 Å². The third kappa shape index (κ3) is 30.0. The molecule has 214 valence electrons. The van der Waals surface area contributed by atoms with Gasteiger partial charge in [-0.15, -0.1) is 11.7 Å². The molecule has 0 bridgehead atoms. The molecule has 0 aromatic carbocycles. The Labute approximate surface area is 237 Å². The first-order valence-corrected chi connectivity index (χ1v) is 17.8. The van der Waals surface area contributed by atoms with E-state index in [0.717, 1.165) is 19.3 Å². The molecule has 0 spiro atoms. The molecule has 1 amide bonds. The van der Waals surface area contributed by atoms with Crippen molar-refractivity contribution in [2.75, 3.05) is 17.3 Å². The van der Waals surface area contributed by atoms with Crippen LogP contribution in [0.1, 0.15) is 136 Å². The van der Waals surface area contributed by atoms with Gasteiger partial charge < -0.3 is 10.4 Å². The third-order valence-corrected chi connectivity index (χ3v) is 7.90. The van der Waals surface area contributed by atoms with Crippen LogP contribution < -0.4 is 5.32 Å². The van der Waals surface area contributed by atoms with Gasteiger partial charge in [-0.05, 0) is 37.9 Å². The summed E-state index contributed by atoms with van der Waals surface area (Å²) in [6.45, 7) is 6.27. The Morgan fingerprint density at radius 2 is 1.36 bits per heavy atom. The summed E-state index contributed by atoms with van der Waals surface area (Å²) < 4.78 is 0. The normalized spacial score (nSPS) is 11.8. The highest BCUT2D eigenvalue weighted by Gasteiger charge is 2.18. The number of carboxylic acid groups (broad SMARTS) is 1. The van der Waals surface area contributed by atoms with Crippen molar-refractivity contribution in [1.29, 1.82) is 0 Å². The van der Waals surface area contributed by atoms with E-state index in [4.69, 9.17) is 5.11 Å². The predicted octanol–water partition coefficient (Wildman–Crippen LogP) is 9.49. The molecule has 0 aromatic heterocycles. The van der Waals surface area contributed by atoms with Crippen LogP contribution >= 0.6 is 34.2 Å². The van der Waals surface area contributed by atoms with E-state index < -0.39 is 12.0 Å². The first-order valence-electron chi connectivity index (χ1n) is 14.6. The smallest absolute Gasteiger partial charge is 0.326 e. The molecule has 2 N–H and O–H groups in total. The molecule has 4 nitrogen and oxygen atoms in total. The maximum atomic E-state index is 11.9. The Bertz CT molecular complexity index is 504. The summed E-state index contributed by atoms with van der Waals surface area (Å²) in [6.07, 6.45) is 25.9. The van der Waals surface area contributed by atoms with Gasteiger partial charge in [-0.1, -0.05) is 121 Å². The molecule has 7 heteroatoms. The van der Waals surface area contributed by atoms with Crippen LogP contribution in [-0.4, -0.2) is 40.3 Å². The first-order chi connectivity index (χ1) is 17.6. The maximum Gasteiger partial charge on any atom is 0.326 e. The molecule has 0 fully saturated rings. The van der Waals surface area contributed by atoms with Gasteiger partial charge >= 0.3 is 5.97 Å². The Balaban J connectivity index is 0. The van der Waals surface area contributed by atoms with Gasteiger partial charge in [0, 0.05) is 17.9 Å². The fourth-order valence-electron chi connectivity index (χ4n) is 3.80. The van der Waals surface area contributed by atoms with E-state index in [-0.39, 0.29) is 5.91 Å². The number of thioether (sulfide) groups is 1. The molecule has 0 saturated heterocycles. The van der Waals surface area contributed by atoms with E-state index in [1.165, 1.54) is 106 Å². The van der Waals surface area contributed by atoms with Crippen molar-refractivity contribution in [3.8, 4) is 0 Å².